The first-order valence-corrected chi connectivity index (χ1v) is 13.5. The number of furan rings is 1. The van der Waals surface area contributed by atoms with Gasteiger partial charge < -0.3 is 19.0 Å². The van der Waals surface area contributed by atoms with Crippen LogP contribution < -0.4 is 15.5 Å². The van der Waals surface area contributed by atoms with Gasteiger partial charge in [0.2, 0.25) is 0 Å². The minimum atomic E-state index is -0.308. The maximum Gasteiger partial charge on any atom is 0.285 e. The van der Waals surface area contributed by atoms with Gasteiger partial charge in [0.15, 0.2) is 16.7 Å². The van der Waals surface area contributed by atoms with Crippen LogP contribution in [0.3, 0.4) is 0 Å². The number of rotatable bonds is 13. The number of nitrogens with zero attached hydrogens (tertiary/aromatic N) is 4. The zero-order valence-electron chi connectivity index (χ0n) is 20.1. The molecule has 4 aromatic rings. The highest BCUT2D eigenvalue weighted by molar-refractivity contribution is 14.1. The summed E-state index contributed by atoms with van der Waals surface area (Å²) in [5.74, 6) is 0.910. The number of anilines is 1. The van der Waals surface area contributed by atoms with E-state index in [1.165, 1.54) is 30.1 Å². The Labute approximate surface area is 236 Å². The minimum absolute atomic E-state index is 0.0986. The summed E-state index contributed by atoms with van der Waals surface area (Å²) in [5.41, 5.74) is 4.25. The van der Waals surface area contributed by atoms with Crippen molar-refractivity contribution in [2.24, 2.45) is 5.10 Å². The van der Waals surface area contributed by atoms with Crippen LogP contribution in [0.1, 0.15) is 17.1 Å². The molecule has 196 valence electrons. The van der Waals surface area contributed by atoms with Gasteiger partial charge in [-0.3, -0.25) is 4.79 Å². The van der Waals surface area contributed by atoms with Crippen molar-refractivity contribution in [3.63, 3.8) is 0 Å². The SMILES string of the molecule is C=CCn1c(CNc2ccc(I)cc2)nnc1SCC(=O)N/N=C/c1ccc(OCc2ccc(F)cc2)o1. The second kappa shape index (κ2) is 13.8. The van der Waals surface area contributed by atoms with E-state index in [0.29, 0.717) is 24.0 Å². The minimum Gasteiger partial charge on any atom is -0.460 e. The highest BCUT2D eigenvalue weighted by Gasteiger charge is 2.13. The lowest BCUT2D eigenvalue weighted by Crippen LogP contribution is -2.20. The quantitative estimate of drug-likeness (QED) is 0.0674. The summed E-state index contributed by atoms with van der Waals surface area (Å²) in [7, 11) is 0. The average Bonchev–Trinajstić information content (AvgIpc) is 3.54. The number of nitrogens with one attached hydrogen (secondary N) is 2. The molecule has 2 aromatic heterocycles. The molecule has 2 heterocycles. The van der Waals surface area contributed by atoms with Crippen LogP contribution in [0.4, 0.5) is 10.1 Å². The van der Waals surface area contributed by atoms with Crippen LogP contribution in [-0.2, 0) is 24.5 Å². The second-order valence-corrected chi connectivity index (χ2v) is 10.0. The first kappa shape index (κ1) is 27.4. The molecule has 0 aliphatic carbocycles. The zero-order chi connectivity index (χ0) is 26.7. The van der Waals surface area contributed by atoms with Gasteiger partial charge in [-0.1, -0.05) is 30.0 Å². The smallest absolute Gasteiger partial charge is 0.285 e. The lowest BCUT2D eigenvalue weighted by Gasteiger charge is -2.09. The Morgan fingerprint density at radius 2 is 1.95 bits per heavy atom. The van der Waals surface area contributed by atoms with Gasteiger partial charge in [0.05, 0.1) is 18.5 Å². The number of hydrogen-bond donors (Lipinski definition) is 2. The van der Waals surface area contributed by atoms with Crippen molar-refractivity contribution in [2.45, 2.75) is 24.9 Å². The van der Waals surface area contributed by atoms with Crippen molar-refractivity contribution in [1.82, 2.24) is 20.2 Å². The number of ether oxygens (including phenoxy) is 1. The van der Waals surface area contributed by atoms with E-state index in [2.05, 4.69) is 55.2 Å². The van der Waals surface area contributed by atoms with Gasteiger partial charge >= 0.3 is 0 Å². The van der Waals surface area contributed by atoms with E-state index in [9.17, 15) is 9.18 Å². The number of aromatic nitrogens is 3. The first-order chi connectivity index (χ1) is 18.5. The van der Waals surface area contributed by atoms with Crippen molar-refractivity contribution in [1.29, 1.82) is 0 Å². The maximum absolute atomic E-state index is 13.0. The molecule has 2 aromatic carbocycles. The lowest BCUT2D eigenvalue weighted by atomic mass is 10.2. The number of amides is 1. The van der Waals surface area contributed by atoms with Crippen LogP contribution in [0.2, 0.25) is 0 Å². The lowest BCUT2D eigenvalue weighted by molar-refractivity contribution is -0.118. The van der Waals surface area contributed by atoms with Crippen molar-refractivity contribution < 1.29 is 18.3 Å². The number of carbonyl (C=O) groups is 1. The van der Waals surface area contributed by atoms with Gasteiger partial charge in [0, 0.05) is 21.9 Å². The van der Waals surface area contributed by atoms with Crippen LogP contribution in [0.5, 0.6) is 5.95 Å². The first-order valence-electron chi connectivity index (χ1n) is 11.4. The van der Waals surface area contributed by atoms with E-state index >= 15 is 0 Å². The van der Waals surface area contributed by atoms with Gasteiger partial charge in [-0.2, -0.15) is 5.10 Å². The fraction of sp³-hybridized carbons (Fsp3) is 0.154. The van der Waals surface area contributed by atoms with Crippen LogP contribution in [-0.4, -0.2) is 32.6 Å². The molecular weight excluding hydrogens is 622 g/mol. The van der Waals surface area contributed by atoms with Crippen molar-refractivity contribution in [3.8, 4) is 5.95 Å². The van der Waals surface area contributed by atoms with E-state index in [0.717, 1.165) is 20.6 Å². The molecule has 9 nitrogen and oxygen atoms in total. The number of allylic oxidation sites excluding steroid dienone is 1. The van der Waals surface area contributed by atoms with E-state index in [4.69, 9.17) is 9.15 Å². The Morgan fingerprint density at radius 1 is 1.16 bits per heavy atom. The fourth-order valence-electron chi connectivity index (χ4n) is 3.16. The molecule has 2 N–H and O–H groups in total. The zero-order valence-corrected chi connectivity index (χ0v) is 23.1. The van der Waals surface area contributed by atoms with Crippen molar-refractivity contribution >= 4 is 52.2 Å². The third-order valence-electron chi connectivity index (χ3n) is 5.01. The third-order valence-corrected chi connectivity index (χ3v) is 6.70. The summed E-state index contributed by atoms with van der Waals surface area (Å²) in [4.78, 5) is 12.3. The molecular formula is C26H24FIN6O3S. The molecule has 0 radical (unpaired) electrons. The number of hydrazone groups is 1. The van der Waals surface area contributed by atoms with Crippen LogP contribution in [0.15, 0.2) is 88.0 Å². The highest BCUT2D eigenvalue weighted by Crippen LogP contribution is 2.19. The Balaban J connectivity index is 1.23. The topological polar surface area (TPSA) is 107 Å². The van der Waals surface area contributed by atoms with E-state index in [1.54, 1.807) is 30.3 Å². The number of halogens is 2. The van der Waals surface area contributed by atoms with Gasteiger partial charge in [-0.25, -0.2) is 9.82 Å². The Hall–Kier alpha value is -3.65. The molecule has 0 bridgehead atoms. The Morgan fingerprint density at radius 3 is 2.71 bits per heavy atom. The average molecular weight is 646 g/mol. The number of benzene rings is 2. The van der Waals surface area contributed by atoms with Crippen LogP contribution >= 0.6 is 34.4 Å². The van der Waals surface area contributed by atoms with Crippen molar-refractivity contribution in [3.05, 3.63) is 99.9 Å². The second-order valence-electron chi connectivity index (χ2n) is 7.81. The summed E-state index contributed by atoms with van der Waals surface area (Å²) in [5, 5.41) is 16.4. The molecule has 0 atom stereocenters. The van der Waals surface area contributed by atoms with Gasteiger partial charge in [-0.05, 0) is 70.6 Å². The summed E-state index contributed by atoms with van der Waals surface area (Å²) >= 11 is 3.52. The molecule has 0 spiro atoms. The predicted octanol–water partition coefficient (Wildman–Crippen LogP) is 5.23. The van der Waals surface area contributed by atoms with Crippen LogP contribution in [0.25, 0.3) is 0 Å². The van der Waals surface area contributed by atoms with Gasteiger partial charge in [-0.15, -0.1) is 16.8 Å². The Kier molecular flexibility index (Phi) is 9.92. The standard InChI is InChI=1S/C26H24FIN6O3S/c1-2-13-34-23(15-29-21-9-7-20(28)8-10-21)31-33-26(34)38-17-24(35)32-30-14-22-11-12-25(37-22)36-16-18-3-5-19(27)6-4-18/h2-12,14,29H,1,13,15-17H2,(H,32,35)/b30-14+. The van der Waals surface area contributed by atoms with E-state index in [-0.39, 0.29) is 30.0 Å². The monoisotopic (exact) mass is 646 g/mol. The molecule has 12 heteroatoms. The number of hydrogen-bond acceptors (Lipinski definition) is 8. The number of thioether (sulfide) groups is 1. The third kappa shape index (κ3) is 8.18. The molecule has 0 unspecified atom stereocenters. The summed E-state index contributed by atoms with van der Waals surface area (Å²) in [6.45, 7) is 5.04. The molecule has 4 rings (SSSR count). The normalized spacial score (nSPS) is 11.0. The number of carbonyl (C=O) groups excluding carboxylic acids is 1. The molecule has 0 saturated carbocycles. The Bertz CT molecular complexity index is 1390. The molecule has 1 amide bonds. The van der Waals surface area contributed by atoms with E-state index < -0.39 is 0 Å². The van der Waals surface area contributed by atoms with Gasteiger partial charge in [0.1, 0.15) is 12.4 Å². The highest BCUT2D eigenvalue weighted by atomic mass is 127. The van der Waals surface area contributed by atoms with E-state index in [1.807, 2.05) is 28.8 Å². The summed E-state index contributed by atoms with van der Waals surface area (Å²) < 4.78 is 27.1. The summed E-state index contributed by atoms with van der Waals surface area (Å²) in [6.07, 6.45) is 3.13. The molecule has 38 heavy (non-hydrogen) atoms. The van der Waals surface area contributed by atoms with Gasteiger partial charge in [0.25, 0.3) is 11.9 Å². The van der Waals surface area contributed by atoms with Crippen molar-refractivity contribution in [2.75, 3.05) is 11.1 Å². The molecule has 0 saturated heterocycles. The summed E-state index contributed by atoms with van der Waals surface area (Å²) in [6, 6.07) is 17.4. The molecule has 0 fully saturated rings. The molecule has 0 aliphatic heterocycles. The maximum atomic E-state index is 13.0. The van der Waals surface area contributed by atoms with Crippen LogP contribution in [0, 0.1) is 9.39 Å². The predicted molar refractivity (Wildman–Crippen MR) is 153 cm³/mol. The molecule has 0 aliphatic rings. The fourth-order valence-corrected chi connectivity index (χ4v) is 4.28. The largest absolute Gasteiger partial charge is 0.460 e.